The van der Waals surface area contributed by atoms with Gasteiger partial charge in [-0.1, -0.05) is 0 Å². The number of benzene rings is 1. The summed E-state index contributed by atoms with van der Waals surface area (Å²) in [6.07, 6.45) is 3.72. The van der Waals surface area contributed by atoms with Gasteiger partial charge < -0.3 is 19.7 Å². The summed E-state index contributed by atoms with van der Waals surface area (Å²) in [6, 6.07) is 3.08. The summed E-state index contributed by atoms with van der Waals surface area (Å²) in [5, 5.41) is 12.2. The summed E-state index contributed by atoms with van der Waals surface area (Å²) in [4.78, 5) is 15.4. The van der Waals surface area contributed by atoms with Crippen LogP contribution in [0.5, 0.6) is 5.75 Å². The van der Waals surface area contributed by atoms with E-state index in [2.05, 4.69) is 10.3 Å². The minimum absolute atomic E-state index is 0.0167. The summed E-state index contributed by atoms with van der Waals surface area (Å²) < 4.78 is 32.4. The highest BCUT2D eigenvalue weighted by atomic mass is 19.2. The molecule has 1 aromatic heterocycles. The van der Waals surface area contributed by atoms with Gasteiger partial charge in [-0.3, -0.25) is 4.79 Å². The Labute approximate surface area is 125 Å². The summed E-state index contributed by atoms with van der Waals surface area (Å²) >= 11 is 0. The van der Waals surface area contributed by atoms with Crippen molar-refractivity contribution in [3.8, 4) is 5.75 Å². The standard InChI is InChI=1S/C14H15F2N3O3/c15-12-2-1-11(5-13(12)16)22-8-10(20)6-18-14(21)7-19-4-3-17-9-19/h1-5,9-10,20H,6-8H2,(H,18,21)/t10-/m0/s1. The zero-order valence-electron chi connectivity index (χ0n) is 11.6. The van der Waals surface area contributed by atoms with Gasteiger partial charge in [-0.2, -0.15) is 0 Å². The van der Waals surface area contributed by atoms with Gasteiger partial charge in [0.15, 0.2) is 11.6 Å². The summed E-state index contributed by atoms with van der Waals surface area (Å²) in [5.41, 5.74) is 0. The Hall–Kier alpha value is -2.48. The normalized spacial score (nSPS) is 12.0. The second-order valence-electron chi connectivity index (χ2n) is 4.58. The predicted molar refractivity (Wildman–Crippen MR) is 73.1 cm³/mol. The average molecular weight is 311 g/mol. The highest BCUT2D eigenvalue weighted by molar-refractivity contribution is 5.75. The van der Waals surface area contributed by atoms with E-state index in [1.54, 1.807) is 17.0 Å². The molecule has 8 heteroatoms. The number of carbonyl (C=O) groups excluding carboxylic acids is 1. The van der Waals surface area contributed by atoms with E-state index < -0.39 is 17.7 Å². The molecule has 0 aliphatic carbocycles. The lowest BCUT2D eigenvalue weighted by Crippen LogP contribution is -2.36. The van der Waals surface area contributed by atoms with Crippen LogP contribution >= 0.6 is 0 Å². The Kier molecular flexibility index (Phi) is 5.42. The van der Waals surface area contributed by atoms with Gasteiger partial charge in [0.2, 0.25) is 5.91 Å². The molecular weight excluding hydrogens is 296 g/mol. The first-order valence-corrected chi connectivity index (χ1v) is 6.53. The van der Waals surface area contributed by atoms with Crippen LogP contribution in [0.4, 0.5) is 8.78 Å². The lowest BCUT2D eigenvalue weighted by atomic mass is 10.3. The van der Waals surface area contributed by atoms with Gasteiger partial charge in [0, 0.05) is 25.0 Å². The average Bonchev–Trinajstić information content (AvgIpc) is 2.99. The molecule has 6 nitrogen and oxygen atoms in total. The van der Waals surface area contributed by atoms with E-state index in [4.69, 9.17) is 4.74 Å². The molecule has 1 heterocycles. The van der Waals surface area contributed by atoms with Crippen LogP contribution in [0.3, 0.4) is 0 Å². The van der Waals surface area contributed by atoms with E-state index in [0.29, 0.717) is 0 Å². The number of halogens is 2. The first kappa shape index (κ1) is 15.9. The molecule has 1 aromatic carbocycles. The van der Waals surface area contributed by atoms with Crippen LogP contribution < -0.4 is 10.1 Å². The number of hydrogen-bond acceptors (Lipinski definition) is 4. The number of hydrogen-bond donors (Lipinski definition) is 2. The van der Waals surface area contributed by atoms with Crippen molar-refractivity contribution in [2.24, 2.45) is 0 Å². The molecule has 2 N–H and O–H groups in total. The number of nitrogens with zero attached hydrogens (tertiary/aromatic N) is 2. The van der Waals surface area contributed by atoms with Gasteiger partial charge in [-0.15, -0.1) is 0 Å². The van der Waals surface area contributed by atoms with Crippen LogP contribution in [0.1, 0.15) is 0 Å². The van der Waals surface area contributed by atoms with Crippen LogP contribution in [0, 0.1) is 11.6 Å². The van der Waals surface area contributed by atoms with Crippen LogP contribution in [0.25, 0.3) is 0 Å². The van der Waals surface area contributed by atoms with Gasteiger partial charge in [0.25, 0.3) is 0 Å². The quantitative estimate of drug-likeness (QED) is 0.790. The van der Waals surface area contributed by atoms with E-state index in [-0.39, 0.29) is 31.4 Å². The Morgan fingerprint density at radius 1 is 1.41 bits per heavy atom. The van der Waals surface area contributed by atoms with Gasteiger partial charge >= 0.3 is 0 Å². The Morgan fingerprint density at radius 3 is 2.91 bits per heavy atom. The van der Waals surface area contributed by atoms with E-state index in [9.17, 15) is 18.7 Å². The summed E-state index contributed by atoms with van der Waals surface area (Å²) in [7, 11) is 0. The van der Waals surface area contributed by atoms with Gasteiger partial charge in [-0.05, 0) is 12.1 Å². The molecule has 22 heavy (non-hydrogen) atoms. The third-order valence-electron chi connectivity index (χ3n) is 2.75. The lowest BCUT2D eigenvalue weighted by Gasteiger charge is -2.13. The number of amides is 1. The van der Waals surface area contributed by atoms with E-state index in [1.165, 1.54) is 12.4 Å². The molecule has 1 amide bonds. The smallest absolute Gasteiger partial charge is 0.240 e. The zero-order valence-corrected chi connectivity index (χ0v) is 11.6. The number of aliphatic hydroxyl groups is 1. The molecule has 2 aromatic rings. The fourth-order valence-electron chi connectivity index (χ4n) is 1.65. The van der Waals surface area contributed by atoms with E-state index in [1.807, 2.05) is 0 Å². The first-order valence-electron chi connectivity index (χ1n) is 6.53. The van der Waals surface area contributed by atoms with Crippen molar-refractivity contribution >= 4 is 5.91 Å². The van der Waals surface area contributed by atoms with Crippen molar-refractivity contribution in [2.75, 3.05) is 13.2 Å². The van der Waals surface area contributed by atoms with Crippen molar-refractivity contribution in [1.82, 2.24) is 14.9 Å². The van der Waals surface area contributed by atoms with Gasteiger partial charge in [0.1, 0.15) is 25.0 Å². The maximum atomic E-state index is 13.0. The Bertz CT molecular complexity index is 620. The molecule has 118 valence electrons. The molecule has 0 unspecified atom stereocenters. The fourth-order valence-corrected chi connectivity index (χ4v) is 1.65. The molecule has 0 bridgehead atoms. The molecule has 1 atom stereocenters. The molecule has 0 radical (unpaired) electrons. The Morgan fingerprint density at radius 2 is 2.23 bits per heavy atom. The number of ether oxygens (including phenoxy) is 1. The lowest BCUT2D eigenvalue weighted by molar-refractivity contribution is -0.122. The molecule has 0 aliphatic heterocycles. The van der Waals surface area contributed by atoms with Crippen molar-refractivity contribution < 1.29 is 23.4 Å². The maximum Gasteiger partial charge on any atom is 0.240 e. The SMILES string of the molecule is O=C(Cn1ccnc1)NC[C@H](O)COc1ccc(F)c(F)c1. The number of aliphatic hydroxyl groups excluding tert-OH is 1. The molecule has 0 aliphatic rings. The van der Waals surface area contributed by atoms with E-state index in [0.717, 1.165) is 12.1 Å². The second kappa shape index (κ2) is 7.51. The minimum atomic E-state index is -1.03. The first-order chi connectivity index (χ1) is 10.5. The van der Waals surface area contributed by atoms with Crippen LogP contribution in [-0.4, -0.2) is 39.8 Å². The van der Waals surface area contributed by atoms with Gasteiger partial charge in [0.05, 0.1) is 6.33 Å². The number of imidazole rings is 1. The highest BCUT2D eigenvalue weighted by Crippen LogP contribution is 2.15. The van der Waals surface area contributed by atoms with Crippen LogP contribution in [-0.2, 0) is 11.3 Å². The van der Waals surface area contributed by atoms with Gasteiger partial charge in [-0.25, -0.2) is 13.8 Å². The number of aromatic nitrogens is 2. The third kappa shape index (κ3) is 4.81. The van der Waals surface area contributed by atoms with Crippen molar-refractivity contribution in [3.63, 3.8) is 0 Å². The number of nitrogens with one attached hydrogen (secondary N) is 1. The Balaban J connectivity index is 1.70. The van der Waals surface area contributed by atoms with Crippen LogP contribution in [0.2, 0.25) is 0 Å². The molecule has 0 saturated heterocycles. The molecule has 0 fully saturated rings. The second-order valence-corrected chi connectivity index (χ2v) is 4.58. The highest BCUT2D eigenvalue weighted by Gasteiger charge is 2.09. The van der Waals surface area contributed by atoms with Crippen molar-refractivity contribution in [2.45, 2.75) is 12.6 Å². The molecule has 2 rings (SSSR count). The predicted octanol–water partition coefficient (Wildman–Crippen LogP) is 0.717. The fraction of sp³-hybridized carbons (Fsp3) is 0.286. The monoisotopic (exact) mass is 311 g/mol. The molecular formula is C14H15F2N3O3. The van der Waals surface area contributed by atoms with E-state index >= 15 is 0 Å². The number of rotatable bonds is 7. The zero-order chi connectivity index (χ0) is 15.9. The van der Waals surface area contributed by atoms with Crippen LogP contribution in [0.15, 0.2) is 36.9 Å². The maximum absolute atomic E-state index is 13.0. The minimum Gasteiger partial charge on any atom is -0.491 e. The third-order valence-corrected chi connectivity index (χ3v) is 2.75. The molecule has 0 spiro atoms. The summed E-state index contributed by atoms with van der Waals surface area (Å²) in [6.45, 7) is -0.0790. The topological polar surface area (TPSA) is 76.4 Å². The van der Waals surface area contributed by atoms with Crippen molar-refractivity contribution in [1.29, 1.82) is 0 Å². The summed E-state index contributed by atoms with van der Waals surface area (Å²) in [5.74, 6) is -2.19. The largest absolute Gasteiger partial charge is 0.491 e. The molecule has 0 saturated carbocycles. The van der Waals surface area contributed by atoms with Crippen molar-refractivity contribution in [3.05, 3.63) is 48.6 Å². The number of carbonyl (C=O) groups is 1.